The largest absolute Gasteiger partial charge is 0.317 e. The zero-order valence-electron chi connectivity index (χ0n) is 8.41. The molecule has 0 bridgehead atoms. The van der Waals surface area contributed by atoms with Crippen LogP contribution in [0.3, 0.4) is 0 Å². The van der Waals surface area contributed by atoms with E-state index in [1.54, 1.807) is 0 Å². The Kier molecular flexibility index (Phi) is 3.90. The van der Waals surface area contributed by atoms with Crippen molar-refractivity contribution in [2.75, 3.05) is 18.8 Å². The van der Waals surface area contributed by atoms with Crippen LogP contribution >= 0.6 is 11.8 Å². The van der Waals surface area contributed by atoms with Crippen LogP contribution in [-0.4, -0.2) is 18.8 Å². The molecule has 2 heteroatoms. The normalized spacial score (nSPS) is 18.3. The minimum Gasteiger partial charge on any atom is -0.317 e. The Labute approximate surface area is 90.3 Å². The molecule has 0 aliphatic carbocycles. The fourth-order valence-corrected chi connectivity index (χ4v) is 2.89. The first-order valence-electron chi connectivity index (χ1n) is 5.34. The Bertz CT molecular complexity index is 254. The van der Waals surface area contributed by atoms with E-state index in [2.05, 4.69) is 35.6 Å². The van der Waals surface area contributed by atoms with Gasteiger partial charge in [-0.25, -0.2) is 0 Å². The topological polar surface area (TPSA) is 12.0 Å². The summed E-state index contributed by atoms with van der Waals surface area (Å²) in [5.41, 5.74) is 0. The summed E-state index contributed by atoms with van der Waals surface area (Å²) in [6, 6.07) is 10.7. The molecule has 2 rings (SSSR count). The monoisotopic (exact) mass is 207 g/mol. The molecule has 0 amide bonds. The predicted molar refractivity (Wildman–Crippen MR) is 62.8 cm³/mol. The average Bonchev–Trinajstić information content (AvgIpc) is 2.29. The van der Waals surface area contributed by atoms with Gasteiger partial charge >= 0.3 is 0 Å². The van der Waals surface area contributed by atoms with E-state index in [1.807, 2.05) is 11.8 Å². The van der Waals surface area contributed by atoms with Crippen molar-refractivity contribution in [3.8, 4) is 0 Å². The number of hydrogen-bond acceptors (Lipinski definition) is 2. The van der Waals surface area contributed by atoms with Crippen LogP contribution in [0.1, 0.15) is 12.8 Å². The van der Waals surface area contributed by atoms with E-state index < -0.39 is 0 Å². The lowest BCUT2D eigenvalue weighted by molar-refractivity contribution is 0.408. The SMILES string of the molecule is c1ccc(SCC2CCNCC2)cc1. The number of benzene rings is 1. The van der Waals surface area contributed by atoms with E-state index >= 15 is 0 Å². The number of rotatable bonds is 3. The Morgan fingerprint density at radius 1 is 1.14 bits per heavy atom. The third kappa shape index (κ3) is 3.03. The van der Waals surface area contributed by atoms with Crippen LogP contribution in [-0.2, 0) is 0 Å². The van der Waals surface area contributed by atoms with E-state index in [0.717, 1.165) is 5.92 Å². The summed E-state index contributed by atoms with van der Waals surface area (Å²) in [4.78, 5) is 1.41. The summed E-state index contributed by atoms with van der Waals surface area (Å²) >= 11 is 2.00. The lowest BCUT2D eigenvalue weighted by atomic mass is 10.0. The third-order valence-corrected chi connectivity index (χ3v) is 3.93. The van der Waals surface area contributed by atoms with Gasteiger partial charge in [-0.15, -0.1) is 11.8 Å². The molecule has 0 saturated carbocycles. The quantitative estimate of drug-likeness (QED) is 0.765. The van der Waals surface area contributed by atoms with Crippen molar-refractivity contribution < 1.29 is 0 Å². The maximum absolute atomic E-state index is 3.40. The van der Waals surface area contributed by atoms with Gasteiger partial charge in [-0.2, -0.15) is 0 Å². The molecule has 1 saturated heterocycles. The summed E-state index contributed by atoms with van der Waals surface area (Å²) in [5, 5.41) is 3.40. The summed E-state index contributed by atoms with van der Waals surface area (Å²) in [5.74, 6) is 2.20. The van der Waals surface area contributed by atoms with Gasteiger partial charge in [0.2, 0.25) is 0 Å². The summed E-state index contributed by atoms with van der Waals surface area (Å²) in [6.45, 7) is 2.42. The van der Waals surface area contributed by atoms with Gasteiger partial charge in [-0.3, -0.25) is 0 Å². The lowest BCUT2D eigenvalue weighted by Gasteiger charge is -2.21. The highest BCUT2D eigenvalue weighted by atomic mass is 32.2. The van der Waals surface area contributed by atoms with E-state index in [0.29, 0.717) is 0 Å². The summed E-state index contributed by atoms with van der Waals surface area (Å²) in [7, 11) is 0. The Hall–Kier alpha value is -0.470. The molecular weight excluding hydrogens is 190 g/mol. The van der Waals surface area contributed by atoms with Crippen LogP contribution in [0.25, 0.3) is 0 Å². The standard InChI is InChI=1S/C12H17NS/c1-2-4-12(5-3-1)14-10-11-6-8-13-9-7-11/h1-5,11,13H,6-10H2. The van der Waals surface area contributed by atoms with Crippen LogP contribution < -0.4 is 5.32 Å². The first kappa shape index (κ1) is 10.1. The van der Waals surface area contributed by atoms with Crippen molar-refractivity contribution in [1.29, 1.82) is 0 Å². The molecule has 0 radical (unpaired) electrons. The second-order valence-corrected chi connectivity index (χ2v) is 4.91. The van der Waals surface area contributed by atoms with Gasteiger partial charge in [0.1, 0.15) is 0 Å². The Morgan fingerprint density at radius 3 is 2.57 bits per heavy atom. The fourth-order valence-electron chi connectivity index (χ4n) is 1.78. The third-order valence-electron chi connectivity index (χ3n) is 2.69. The second kappa shape index (κ2) is 5.42. The first-order chi connectivity index (χ1) is 6.95. The van der Waals surface area contributed by atoms with Gasteiger partial charge in [0.25, 0.3) is 0 Å². The second-order valence-electron chi connectivity index (χ2n) is 3.82. The van der Waals surface area contributed by atoms with Crippen molar-refractivity contribution in [2.24, 2.45) is 5.92 Å². The summed E-state index contributed by atoms with van der Waals surface area (Å²) in [6.07, 6.45) is 2.69. The molecule has 76 valence electrons. The molecule has 1 N–H and O–H groups in total. The Morgan fingerprint density at radius 2 is 1.86 bits per heavy atom. The van der Waals surface area contributed by atoms with Crippen LogP contribution in [0.2, 0.25) is 0 Å². The van der Waals surface area contributed by atoms with Crippen LogP contribution in [0.15, 0.2) is 35.2 Å². The first-order valence-corrected chi connectivity index (χ1v) is 6.32. The average molecular weight is 207 g/mol. The van der Waals surface area contributed by atoms with Gasteiger partial charge < -0.3 is 5.32 Å². The molecule has 0 aromatic heterocycles. The Balaban J connectivity index is 1.76. The number of thioether (sulfide) groups is 1. The van der Waals surface area contributed by atoms with E-state index in [-0.39, 0.29) is 0 Å². The van der Waals surface area contributed by atoms with E-state index in [9.17, 15) is 0 Å². The maximum atomic E-state index is 3.40. The highest BCUT2D eigenvalue weighted by Crippen LogP contribution is 2.24. The van der Waals surface area contributed by atoms with Crippen LogP contribution in [0.4, 0.5) is 0 Å². The van der Waals surface area contributed by atoms with Crippen molar-refractivity contribution >= 4 is 11.8 Å². The molecule has 0 spiro atoms. The van der Waals surface area contributed by atoms with Crippen LogP contribution in [0.5, 0.6) is 0 Å². The van der Waals surface area contributed by atoms with Gasteiger partial charge in [0.05, 0.1) is 0 Å². The zero-order valence-corrected chi connectivity index (χ0v) is 9.22. The molecule has 1 heterocycles. The highest BCUT2D eigenvalue weighted by molar-refractivity contribution is 7.99. The van der Waals surface area contributed by atoms with Gasteiger partial charge in [-0.05, 0) is 44.0 Å². The number of nitrogens with one attached hydrogen (secondary N) is 1. The predicted octanol–water partition coefficient (Wildman–Crippen LogP) is 2.78. The van der Waals surface area contributed by atoms with Crippen LogP contribution in [0, 0.1) is 5.92 Å². The lowest BCUT2D eigenvalue weighted by Crippen LogP contribution is -2.28. The summed E-state index contributed by atoms with van der Waals surface area (Å²) < 4.78 is 0. The molecular formula is C12H17NS. The van der Waals surface area contributed by atoms with Gasteiger partial charge in [0.15, 0.2) is 0 Å². The maximum Gasteiger partial charge on any atom is 0.00720 e. The number of hydrogen-bond donors (Lipinski definition) is 1. The van der Waals surface area contributed by atoms with E-state index in [1.165, 1.54) is 36.6 Å². The van der Waals surface area contributed by atoms with Crippen molar-refractivity contribution in [2.45, 2.75) is 17.7 Å². The smallest absolute Gasteiger partial charge is 0.00720 e. The van der Waals surface area contributed by atoms with Gasteiger partial charge in [-0.1, -0.05) is 18.2 Å². The molecule has 0 atom stereocenters. The van der Waals surface area contributed by atoms with Crippen molar-refractivity contribution in [3.05, 3.63) is 30.3 Å². The molecule has 14 heavy (non-hydrogen) atoms. The highest BCUT2D eigenvalue weighted by Gasteiger charge is 2.12. The van der Waals surface area contributed by atoms with Gasteiger partial charge in [0, 0.05) is 10.6 Å². The molecule has 1 fully saturated rings. The molecule has 1 aliphatic heterocycles. The molecule has 0 unspecified atom stereocenters. The molecule has 1 aromatic carbocycles. The minimum atomic E-state index is 0.918. The molecule has 1 nitrogen and oxygen atoms in total. The van der Waals surface area contributed by atoms with E-state index in [4.69, 9.17) is 0 Å². The molecule has 1 aromatic rings. The number of piperidine rings is 1. The zero-order chi connectivity index (χ0) is 9.64. The molecule has 1 aliphatic rings. The minimum absolute atomic E-state index is 0.918. The van der Waals surface area contributed by atoms with Crippen molar-refractivity contribution in [1.82, 2.24) is 5.32 Å². The van der Waals surface area contributed by atoms with Crippen molar-refractivity contribution in [3.63, 3.8) is 0 Å². The fraction of sp³-hybridized carbons (Fsp3) is 0.500.